The number of carbonyl (C=O) groups is 2. The summed E-state index contributed by atoms with van der Waals surface area (Å²) in [5.74, 6) is -0.00221. The SMILES string of the molecule is COCCCNC(=O)C(C)Sc1cccc(C=O)c1. The lowest BCUT2D eigenvalue weighted by Gasteiger charge is -2.12. The lowest BCUT2D eigenvalue weighted by Crippen LogP contribution is -2.32. The first-order valence-corrected chi connectivity index (χ1v) is 7.04. The maximum Gasteiger partial charge on any atom is 0.233 e. The first kappa shape index (κ1) is 15.7. The van der Waals surface area contributed by atoms with Crippen molar-refractivity contribution in [3.8, 4) is 0 Å². The highest BCUT2D eigenvalue weighted by Crippen LogP contribution is 2.23. The monoisotopic (exact) mass is 281 g/mol. The van der Waals surface area contributed by atoms with Gasteiger partial charge in [0.2, 0.25) is 5.91 Å². The number of amides is 1. The third-order valence-electron chi connectivity index (χ3n) is 2.50. The predicted octanol–water partition coefficient (Wildman–Crippen LogP) is 2.13. The van der Waals surface area contributed by atoms with Crippen LogP contribution in [0.2, 0.25) is 0 Å². The van der Waals surface area contributed by atoms with Gasteiger partial charge in [0.1, 0.15) is 6.29 Å². The van der Waals surface area contributed by atoms with E-state index in [0.29, 0.717) is 18.7 Å². The molecule has 1 unspecified atom stereocenters. The Morgan fingerprint density at radius 2 is 2.32 bits per heavy atom. The van der Waals surface area contributed by atoms with Gasteiger partial charge in [0.05, 0.1) is 5.25 Å². The summed E-state index contributed by atoms with van der Waals surface area (Å²) in [5.41, 5.74) is 0.623. The molecule has 0 aliphatic heterocycles. The molecule has 5 heteroatoms. The summed E-state index contributed by atoms with van der Waals surface area (Å²) in [6.07, 6.45) is 1.61. The number of rotatable bonds is 8. The second kappa shape index (κ2) is 8.72. The van der Waals surface area contributed by atoms with E-state index in [2.05, 4.69) is 5.32 Å². The summed E-state index contributed by atoms with van der Waals surface area (Å²) in [6.45, 7) is 3.11. The van der Waals surface area contributed by atoms with Gasteiger partial charge in [-0.25, -0.2) is 0 Å². The van der Waals surface area contributed by atoms with Crippen molar-refractivity contribution in [2.24, 2.45) is 0 Å². The molecular weight excluding hydrogens is 262 g/mol. The number of benzene rings is 1. The van der Waals surface area contributed by atoms with Crippen molar-refractivity contribution < 1.29 is 14.3 Å². The molecule has 104 valence electrons. The molecule has 4 nitrogen and oxygen atoms in total. The van der Waals surface area contributed by atoms with Gasteiger partial charge >= 0.3 is 0 Å². The van der Waals surface area contributed by atoms with Gasteiger partial charge in [-0.1, -0.05) is 12.1 Å². The highest BCUT2D eigenvalue weighted by Gasteiger charge is 2.13. The van der Waals surface area contributed by atoms with E-state index in [-0.39, 0.29) is 11.2 Å². The third-order valence-corrected chi connectivity index (χ3v) is 3.59. The Kier molecular flexibility index (Phi) is 7.22. The number of methoxy groups -OCH3 is 1. The molecule has 1 aromatic rings. The van der Waals surface area contributed by atoms with Gasteiger partial charge < -0.3 is 10.1 Å². The van der Waals surface area contributed by atoms with Crippen LogP contribution in [0.5, 0.6) is 0 Å². The minimum atomic E-state index is -0.190. The van der Waals surface area contributed by atoms with Crippen LogP contribution in [-0.4, -0.2) is 37.7 Å². The number of ether oxygens (including phenoxy) is 1. The maximum atomic E-state index is 11.8. The lowest BCUT2D eigenvalue weighted by atomic mass is 10.2. The minimum absolute atomic E-state index is 0.00221. The van der Waals surface area contributed by atoms with E-state index < -0.39 is 0 Å². The number of thioether (sulfide) groups is 1. The van der Waals surface area contributed by atoms with Crippen molar-refractivity contribution in [1.82, 2.24) is 5.32 Å². The zero-order valence-electron chi connectivity index (χ0n) is 11.2. The van der Waals surface area contributed by atoms with E-state index >= 15 is 0 Å². The van der Waals surface area contributed by atoms with Gasteiger partial charge in [-0.05, 0) is 25.5 Å². The Morgan fingerprint density at radius 1 is 1.53 bits per heavy atom. The highest BCUT2D eigenvalue weighted by atomic mass is 32.2. The molecule has 0 spiro atoms. The van der Waals surface area contributed by atoms with Crippen LogP contribution in [0.3, 0.4) is 0 Å². The van der Waals surface area contributed by atoms with Crippen LogP contribution in [0, 0.1) is 0 Å². The molecule has 0 saturated carbocycles. The molecule has 1 amide bonds. The van der Waals surface area contributed by atoms with E-state index in [1.165, 1.54) is 11.8 Å². The topological polar surface area (TPSA) is 55.4 Å². The van der Waals surface area contributed by atoms with Crippen molar-refractivity contribution in [3.05, 3.63) is 29.8 Å². The number of aldehydes is 1. The van der Waals surface area contributed by atoms with Crippen molar-refractivity contribution >= 4 is 24.0 Å². The molecule has 19 heavy (non-hydrogen) atoms. The fourth-order valence-electron chi connectivity index (χ4n) is 1.49. The van der Waals surface area contributed by atoms with Crippen LogP contribution in [0.25, 0.3) is 0 Å². The molecule has 0 aliphatic carbocycles. The summed E-state index contributed by atoms with van der Waals surface area (Å²) in [5, 5.41) is 2.67. The van der Waals surface area contributed by atoms with E-state index in [1.807, 2.05) is 19.1 Å². The van der Waals surface area contributed by atoms with E-state index in [1.54, 1.807) is 19.2 Å². The van der Waals surface area contributed by atoms with Crippen LogP contribution < -0.4 is 5.32 Å². The molecule has 0 aromatic heterocycles. The van der Waals surface area contributed by atoms with Crippen molar-refractivity contribution in [2.75, 3.05) is 20.3 Å². The molecule has 0 aliphatic rings. The zero-order chi connectivity index (χ0) is 14.1. The second-order valence-electron chi connectivity index (χ2n) is 4.09. The second-order valence-corrected chi connectivity index (χ2v) is 5.50. The Hall–Kier alpha value is -1.33. The molecule has 0 heterocycles. The largest absolute Gasteiger partial charge is 0.385 e. The quantitative estimate of drug-likeness (QED) is 0.450. The number of hydrogen-bond acceptors (Lipinski definition) is 4. The van der Waals surface area contributed by atoms with Crippen LogP contribution in [0.15, 0.2) is 29.2 Å². The molecule has 0 fully saturated rings. The lowest BCUT2D eigenvalue weighted by molar-refractivity contribution is -0.120. The van der Waals surface area contributed by atoms with Crippen LogP contribution in [-0.2, 0) is 9.53 Å². The van der Waals surface area contributed by atoms with Crippen LogP contribution in [0.4, 0.5) is 0 Å². The summed E-state index contributed by atoms with van der Waals surface area (Å²) in [4.78, 5) is 23.4. The molecule has 1 atom stereocenters. The van der Waals surface area contributed by atoms with Crippen molar-refractivity contribution in [1.29, 1.82) is 0 Å². The Bertz CT molecular complexity index is 423. The van der Waals surface area contributed by atoms with E-state index in [4.69, 9.17) is 4.74 Å². The molecule has 1 aromatic carbocycles. The summed E-state index contributed by atoms with van der Waals surface area (Å²) < 4.78 is 4.92. The van der Waals surface area contributed by atoms with Gasteiger partial charge in [-0.15, -0.1) is 11.8 Å². The van der Waals surface area contributed by atoms with Gasteiger partial charge in [-0.3, -0.25) is 9.59 Å². The van der Waals surface area contributed by atoms with E-state index in [0.717, 1.165) is 17.6 Å². The Labute approximate surface area is 117 Å². The van der Waals surface area contributed by atoms with Crippen LogP contribution >= 0.6 is 11.8 Å². The fourth-order valence-corrected chi connectivity index (χ4v) is 2.45. The minimum Gasteiger partial charge on any atom is -0.385 e. The number of hydrogen-bond donors (Lipinski definition) is 1. The number of carbonyl (C=O) groups excluding carboxylic acids is 2. The van der Waals surface area contributed by atoms with Crippen LogP contribution in [0.1, 0.15) is 23.7 Å². The standard InChI is InChI=1S/C14H19NO3S/c1-11(14(17)15-7-4-8-18-2)19-13-6-3-5-12(9-13)10-16/h3,5-6,9-11H,4,7-8H2,1-2H3,(H,15,17). The smallest absolute Gasteiger partial charge is 0.233 e. The molecule has 1 N–H and O–H groups in total. The molecule has 0 bridgehead atoms. The van der Waals surface area contributed by atoms with E-state index in [9.17, 15) is 9.59 Å². The molecular formula is C14H19NO3S. The van der Waals surface area contributed by atoms with Gasteiger partial charge in [0, 0.05) is 30.7 Å². The van der Waals surface area contributed by atoms with Crippen molar-refractivity contribution in [2.45, 2.75) is 23.5 Å². The number of nitrogens with one attached hydrogen (secondary N) is 1. The first-order valence-electron chi connectivity index (χ1n) is 6.16. The zero-order valence-corrected chi connectivity index (χ0v) is 12.0. The fraction of sp³-hybridized carbons (Fsp3) is 0.429. The molecule has 0 radical (unpaired) electrons. The summed E-state index contributed by atoms with van der Waals surface area (Å²) >= 11 is 1.44. The average Bonchev–Trinajstić information content (AvgIpc) is 2.43. The third kappa shape index (κ3) is 5.89. The summed E-state index contributed by atoms with van der Waals surface area (Å²) in [6, 6.07) is 7.24. The molecule has 0 saturated heterocycles. The predicted molar refractivity (Wildman–Crippen MR) is 76.7 cm³/mol. The van der Waals surface area contributed by atoms with Crippen molar-refractivity contribution in [3.63, 3.8) is 0 Å². The Morgan fingerprint density at radius 3 is 3.00 bits per heavy atom. The highest BCUT2D eigenvalue weighted by molar-refractivity contribution is 8.00. The van der Waals surface area contributed by atoms with Gasteiger partial charge in [-0.2, -0.15) is 0 Å². The Balaban J connectivity index is 2.42. The maximum absolute atomic E-state index is 11.8. The first-order chi connectivity index (χ1) is 9.17. The van der Waals surface area contributed by atoms with Gasteiger partial charge in [0.25, 0.3) is 0 Å². The normalized spacial score (nSPS) is 11.9. The molecule has 1 rings (SSSR count). The average molecular weight is 281 g/mol. The van der Waals surface area contributed by atoms with Gasteiger partial charge in [0.15, 0.2) is 0 Å². The summed E-state index contributed by atoms with van der Waals surface area (Å²) in [7, 11) is 1.64.